The van der Waals surface area contributed by atoms with Gasteiger partial charge >= 0.3 is 6.18 Å². The van der Waals surface area contributed by atoms with Crippen LogP contribution < -0.4 is 5.73 Å². The number of aromatic nitrogens is 6. The first kappa shape index (κ1) is 15.9. The number of nitrogens with zero attached hydrogens (tertiary/aromatic N) is 6. The number of pyridine rings is 2. The molecule has 0 aliphatic rings. The summed E-state index contributed by atoms with van der Waals surface area (Å²) in [5.74, 6) is -0.106. The summed E-state index contributed by atoms with van der Waals surface area (Å²) in [6, 6.07) is 3.84. The number of halogens is 3. The van der Waals surface area contributed by atoms with Gasteiger partial charge in [-0.15, -0.1) is 0 Å². The molecule has 0 saturated heterocycles. The van der Waals surface area contributed by atoms with Gasteiger partial charge in [-0.2, -0.15) is 23.0 Å². The van der Waals surface area contributed by atoms with Gasteiger partial charge in [0, 0.05) is 35.1 Å². The molecular formula is C16H10F3N7. The maximum absolute atomic E-state index is 13.3. The van der Waals surface area contributed by atoms with E-state index in [1.165, 1.54) is 37.2 Å². The van der Waals surface area contributed by atoms with E-state index in [2.05, 4.69) is 25.0 Å². The van der Waals surface area contributed by atoms with Crippen molar-refractivity contribution in [2.45, 2.75) is 6.18 Å². The third-order valence-electron chi connectivity index (χ3n) is 3.80. The average Bonchev–Trinajstić information content (AvgIpc) is 3.05. The average molecular weight is 357 g/mol. The zero-order valence-corrected chi connectivity index (χ0v) is 13.0. The predicted octanol–water partition coefficient (Wildman–Crippen LogP) is 2.87. The lowest BCUT2D eigenvalue weighted by molar-refractivity contribution is -0.137. The van der Waals surface area contributed by atoms with E-state index in [1.807, 2.05) is 0 Å². The maximum atomic E-state index is 13.3. The number of alkyl halides is 3. The van der Waals surface area contributed by atoms with Crippen molar-refractivity contribution in [3.63, 3.8) is 0 Å². The molecule has 0 radical (unpaired) electrons. The molecule has 0 amide bonds. The second kappa shape index (κ2) is 5.76. The fourth-order valence-electron chi connectivity index (χ4n) is 2.65. The molecule has 0 bridgehead atoms. The Kier molecular flexibility index (Phi) is 3.53. The second-order valence-corrected chi connectivity index (χ2v) is 5.35. The maximum Gasteiger partial charge on any atom is 0.420 e. The van der Waals surface area contributed by atoms with Gasteiger partial charge in [-0.3, -0.25) is 0 Å². The Morgan fingerprint density at radius 3 is 2.58 bits per heavy atom. The van der Waals surface area contributed by atoms with Gasteiger partial charge in [0.25, 0.3) is 0 Å². The summed E-state index contributed by atoms with van der Waals surface area (Å²) >= 11 is 0. The number of fused-ring (bicyclic) bond motifs is 1. The van der Waals surface area contributed by atoms with Crippen molar-refractivity contribution in [1.29, 1.82) is 0 Å². The molecule has 2 N–H and O–H groups in total. The molecule has 4 heterocycles. The first-order valence-corrected chi connectivity index (χ1v) is 7.38. The first-order chi connectivity index (χ1) is 12.5. The van der Waals surface area contributed by atoms with Crippen molar-refractivity contribution >= 4 is 16.9 Å². The number of rotatable bonds is 2. The third kappa shape index (κ3) is 2.51. The van der Waals surface area contributed by atoms with Crippen molar-refractivity contribution in [2.24, 2.45) is 0 Å². The summed E-state index contributed by atoms with van der Waals surface area (Å²) in [6.45, 7) is 0. The third-order valence-corrected chi connectivity index (χ3v) is 3.80. The van der Waals surface area contributed by atoms with E-state index >= 15 is 0 Å². The molecule has 0 atom stereocenters. The molecule has 130 valence electrons. The van der Waals surface area contributed by atoms with Gasteiger partial charge in [0.05, 0.1) is 6.20 Å². The molecular weight excluding hydrogens is 347 g/mol. The van der Waals surface area contributed by atoms with Crippen LogP contribution in [0.1, 0.15) is 5.56 Å². The Morgan fingerprint density at radius 1 is 0.962 bits per heavy atom. The molecule has 0 aliphatic carbocycles. The van der Waals surface area contributed by atoms with Gasteiger partial charge in [0.1, 0.15) is 17.7 Å². The van der Waals surface area contributed by atoms with Crippen LogP contribution in [0.5, 0.6) is 0 Å². The van der Waals surface area contributed by atoms with Gasteiger partial charge in [-0.1, -0.05) is 0 Å². The molecule has 4 aromatic heterocycles. The molecule has 0 saturated carbocycles. The van der Waals surface area contributed by atoms with Crippen molar-refractivity contribution in [2.75, 3.05) is 5.73 Å². The number of hydrogen-bond donors (Lipinski definition) is 1. The fourth-order valence-corrected chi connectivity index (χ4v) is 2.65. The predicted molar refractivity (Wildman–Crippen MR) is 87.1 cm³/mol. The molecule has 0 fully saturated rings. The smallest absolute Gasteiger partial charge is 0.383 e. The fraction of sp³-hybridized carbons (Fsp3) is 0.0625. The summed E-state index contributed by atoms with van der Waals surface area (Å²) in [5, 5.41) is 4.57. The monoisotopic (exact) mass is 357 g/mol. The van der Waals surface area contributed by atoms with E-state index in [4.69, 9.17) is 5.73 Å². The molecule has 0 aliphatic heterocycles. The van der Waals surface area contributed by atoms with Gasteiger partial charge in [-0.05, 0) is 18.2 Å². The minimum atomic E-state index is -4.57. The van der Waals surface area contributed by atoms with Crippen LogP contribution in [0.4, 0.5) is 19.0 Å². The van der Waals surface area contributed by atoms with Gasteiger partial charge in [0.2, 0.25) is 0 Å². The summed E-state index contributed by atoms with van der Waals surface area (Å²) in [6.07, 6.45) is 2.40. The molecule has 4 rings (SSSR count). The van der Waals surface area contributed by atoms with Gasteiger partial charge in [0.15, 0.2) is 11.5 Å². The summed E-state index contributed by atoms with van der Waals surface area (Å²) in [4.78, 5) is 15.9. The Hall–Kier alpha value is -3.56. The SMILES string of the molecule is Nc1ncncc1-c1ccnc2c1cnn2-c1ncccc1C(F)(F)F. The van der Waals surface area contributed by atoms with Crippen molar-refractivity contribution in [1.82, 2.24) is 29.7 Å². The van der Waals surface area contributed by atoms with E-state index in [9.17, 15) is 13.2 Å². The van der Waals surface area contributed by atoms with Crippen LogP contribution in [0, 0.1) is 0 Å². The van der Waals surface area contributed by atoms with Crippen molar-refractivity contribution in [3.05, 3.63) is 54.9 Å². The van der Waals surface area contributed by atoms with Crippen molar-refractivity contribution in [3.8, 4) is 16.9 Å². The standard InChI is InChI=1S/C16H10F3N7/c17-16(18,19)12-2-1-4-22-15(12)26-14-11(7-25-26)9(3-5-23-14)10-6-21-8-24-13(10)20/h1-8H,(H2,20,21,24). The van der Waals surface area contributed by atoms with Gasteiger partial charge < -0.3 is 5.73 Å². The highest BCUT2D eigenvalue weighted by Crippen LogP contribution is 2.35. The number of anilines is 1. The highest BCUT2D eigenvalue weighted by atomic mass is 19.4. The normalized spacial score (nSPS) is 11.8. The quantitative estimate of drug-likeness (QED) is 0.593. The van der Waals surface area contributed by atoms with Crippen LogP contribution in [0.2, 0.25) is 0 Å². The zero-order chi connectivity index (χ0) is 18.3. The van der Waals surface area contributed by atoms with Crippen molar-refractivity contribution < 1.29 is 13.2 Å². The van der Waals surface area contributed by atoms with Crippen LogP contribution in [0.25, 0.3) is 28.0 Å². The van der Waals surface area contributed by atoms with Crippen LogP contribution in [0.15, 0.2) is 49.3 Å². The number of nitrogen functional groups attached to an aromatic ring is 1. The zero-order valence-electron chi connectivity index (χ0n) is 13.0. The Morgan fingerprint density at radius 2 is 1.81 bits per heavy atom. The first-order valence-electron chi connectivity index (χ1n) is 7.38. The van der Waals surface area contributed by atoms with Crippen LogP contribution in [-0.4, -0.2) is 29.7 Å². The molecule has 0 spiro atoms. The summed E-state index contributed by atoms with van der Waals surface area (Å²) < 4.78 is 41.0. The molecule has 10 heteroatoms. The van der Waals surface area contributed by atoms with E-state index < -0.39 is 11.7 Å². The highest BCUT2D eigenvalue weighted by molar-refractivity contribution is 5.95. The largest absolute Gasteiger partial charge is 0.420 e. The van der Waals surface area contributed by atoms with E-state index in [1.54, 1.807) is 6.07 Å². The second-order valence-electron chi connectivity index (χ2n) is 5.35. The molecule has 7 nitrogen and oxygen atoms in total. The lowest BCUT2D eigenvalue weighted by Crippen LogP contribution is -2.13. The van der Waals surface area contributed by atoms with E-state index in [0.29, 0.717) is 16.5 Å². The van der Waals surface area contributed by atoms with E-state index in [0.717, 1.165) is 10.7 Å². The van der Waals surface area contributed by atoms with Crippen LogP contribution >= 0.6 is 0 Å². The number of nitrogens with two attached hydrogens (primary N) is 1. The topological polar surface area (TPSA) is 95.4 Å². The summed E-state index contributed by atoms with van der Waals surface area (Å²) in [7, 11) is 0. The summed E-state index contributed by atoms with van der Waals surface area (Å²) in [5.41, 5.74) is 6.35. The van der Waals surface area contributed by atoms with Crippen LogP contribution in [-0.2, 0) is 6.18 Å². The minimum absolute atomic E-state index is 0.218. The minimum Gasteiger partial charge on any atom is -0.383 e. The molecule has 4 aromatic rings. The Bertz CT molecular complexity index is 1100. The van der Waals surface area contributed by atoms with E-state index in [-0.39, 0.29) is 17.3 Å². The Balaban J connectivity index is 1.97. The highest BCUT2D eigenvalue weighted by Gasteiger charge is 2.35. The molecule has 0 aromatic carbocycles. The number of hydrogen-bond acceptors (Lipinski definition) is 6. The molecule has 26 heavy (non-hydrogen) atoms. The molecule has 0 unspecified atom stereocenters. The van der Waals surface area contributed by atoms with Gasteiger partial charge in [-0.25, -0.2) is 19.9 Å². The Labute approximate surface area is 144 Å². The lowest BCUT2D eigenvalue weighted by atomic mass is 10.1. The lowest BCUT2D eigenvalue weighted by Gasteiger charge is -2.11. The van der Waals surface area contributed by atoms with Crippen LogP contribution in [0.3, 0.4) is 0 Å².